The zero-order chi connectivity index (χ0) is 23.3. The van der Waals surface area contributed by atoms with Gasteiger partial charge in [-0.25, -0.2) is 9.97 Å². The Morgan fingerprint density at radius 2 is 1.97 bits per heavy atom. The molecule has 5 heterocycles. The van der Waals surface area contributed by atoms with E-state index in [9.17, 15) is 9.59 Å². The number of piperidine rings is 1. The lowest BCUT2D eigenvalue weighted by Gasteiger charge is -2.32. The van der Waals surface area contributed by atoms with Crippen LogP contribution in [-0.4, -0.2) is 49.1 Å². The molecule has 0 amide bonds. The second kappa shape index (κ2) is 10.3. The summed E-state index contributed by atoms with van der Waals surface area (Å²) in [6.07, 6.45) is 12.5. The van der Waals surface area contributed by atoms with Crippen LogP contribution in [0.3, 0.4) is 0 Å². The van der Waals surface area contributed by atoms with E-state index in [1.54, 1.807) is 24.5 Å². The number of thioether (sulfide) groups is 1. The van der Waals surface area contributed by atoms with Crippen molar-refractivity contribution < 1.29 is 9.59 Å². The van der Waals surface area contributed by atoms with E-state index in [1.165, 1.54) is 12.0 Å². The minimum Gasteiger partial charge on any atom is -0.341 e. The van der Waals surface area contributed by atoms with E-state index in [2.05, 4.69) is 36.1 Å². The minimum atomic E-state index is -0.126. The lowest BCUT2D eigenvalue weighted by molar-refractivity contribution is -0.119. The molecule has 174 valence electrons. The Morgan fingerprint density at radius 3 is 2.74 bits per heavy atom. The summed E-state index contributed by atoms with van der Waals surface area (Å²) in [6, 6.07) is 7.88. The van der Waals surface area contributed by atoms with Crippen LogP contribution in [0.4, 0.5) is 5.95 Å². The number of hydrogen-bond acceptors (Lipinski definition) is 8. The summed E-state index contributed by atoms with van der Waals surface area (Å²) in [5.74, 6) is 1.25. The molecule has 2 fully saturated rings. The third-order valence-corrected chi connectivity index (χ3v) is 7.29. The Hall–Kier alpha value is -3.33. The highest BCUT2D eigenvalue weighted by molar-refractivity contribution is 8.18. The van der Waals surface area contributed by atoms with Crippen LogP contribution in [-0.2, 0) is 16.0 Å². The number of rotatable bonds is 7. The average Bonchev–Trinajstić information content (AvgIpc) is 3.50. The summed E-state index contributed by atoms with van der Waals surface area (Å²) < 4.78 is 0. The van der Waals surface area contributed by atoms with Gasteiger partial charge in [0, 0.05) is 31.7 Å². The maximum Gasteiger partial charge on any atom is 0.225 e. The van der Waals surface area contributed by atoms with Crippen molar-refractivity contribution in [1.82, 2.24) is 25.1 Å². The molecule has 34 heavy (non-hydrogen) atoms. The van der Waals surface area contributed by atoms with Crippen molar-refractivity contribution in [2.45, 2.75) is 38.5 Å². The van der Waals surface area contributed by atoms with Crippen molar-refractivity contribution in [2.75, 3.05) is 18.0 Å². The molecule has 0 aliphatic carbocycles. The van der Waals surface area contributed by atoms with Crippen molar-refractivity contribution in [2.24, 2.45) is 5.92 Å². The zero-order valence-corrected chi connectivity index (χ0v) is 19.6. The highest BCUT2D eigenvalue weighted by Crippen LogP contribution is 2.31. The number of nitrogens with one attached hydrogen (secondary N) is 1. The highest BCUT2D eigenvalue weighted by atomic mass is 32.2. The number of allylic oxidation sites excluding steroid dienone is 1. The van der Waals surface area contributed by atoms with Crippen LogP contribution in [0.25, 0.3) is 17.5 Å². The Balaban J connectivity index is 1.13. The van der Waals surface area contributed by atoms with Gasteiger partial charge in [0.05, 0.1) is 28.4 Å². The standard InChI is InChI=1S/C25H26N6O2S/c32-21-16-23(33)34-22(21)15-19-6-11-27-25(29-19)31-13-8-17(9-14-31)3-1-4-18-5-2-10-26-24(18)20-7-12-28-30-20/h2,5-7,10-12,15,17H,1,3-4,8-9,13-14,16H2,(H,28,30)/b22-15-. The van der Waals surface area contributed by atoms with Crippen LogP contribution >= 0.6 is 11.8 Å². The maximum absolute atomic E-state index is 11.9. The van der Waals surface area contributed by atoms with Gasteiger partial charge in [-0.05, 0) is 79.6 Å². The molecule has 0 aromatic carbocycles. The van der Waals surface area contributed by atoms with E-state index in [0.29, 0.717) is 22.5 Å². The Labute approximate surface area is 202 Å². The van der Waals surface area contributed by atoms with Crippen LogP contribution in [0.15, 0.2) is 47.8 Å². The van der Waals surface area contributed by atoms with Crippen LogP contribution in [0, 0.1) is 5.92 Å². The molecule has 3 aromatic heterocycles. The molecule has 0 radical (unpaired) electrons. The normalized spacial score (nSPS) is 18.2. The van der Waals surface area contributed by atoms with Crippen molar-refractivity contribution >= 4 is 34.7 Å². The molecule has 2 saturated heterocycles. The van der Waals surface area contributed by atoms with Crippen LogP contribution in [0.1, 0.15) is 43.4 Å². The van der Waals surface area contributed by atoms with Gasteiger partial charge < -0.3 is 4.90 Å². The van der Waals surface area contributed by atoms with Crippen LogP contribution in [0.2, 0.25) is 0 Å². The predicted molar refractivity (Wildman–Crippen MR) is 132 cm³/mol. The van der Waals surface area contributed by atoms with E-state index in [1.807, 2.05) is 18.3 Å². The maximum atomic E-state index is 11.9. The summed E-state index contributed by atoms with van der Waals surface area (Å²) in [5, 5.41) is 6.96. The number of aromatic nitrogens is 5. The van der Waals surface area contributed by atoms with E-state index < -0.39 is 0 Å². The molecule has 2 aliphatic rings. The first-order valence-electron chi connectivity index (χ1n) is 11.6. The number of aryl methyl sites for hydroxylation is 1. The number of Topliss-reactive ketones (excluding diaryl/α,β-unsaturated/α-hetero) is 1. The number of nitrogens with zero attached hydrogens (tertiary/aromatic N) is 5. The molecule has 0 bridgehead atoms. The summed E-state index contributed by atoms with van der Waals surface area (Å²) in [6.45, 7) is 1.84. The predicted octanol–water partition coefficient (Wildman–Crippen LogP) is 4.07. The van der Waals surface area contributed by atoms with Gasteiger partial charge in [-0.2, -0.15) is 5.10 Å². The van der Waals surface area contributed by atoms with Gasteiger partial charge in [-0.1, -0.05) is 6.07 Å². The molecular weight excluding hydrogens is 448 g/mol. The van der Waals surface area contributed by atoms with E-state index >= 15 is 0 Å². The molecule has 9 heteroatoms. The third-order valence-electron chi connectivity index (χ3n) is 6.35. The first kappa shape index (κ1) is 22.5. The zero-order valence-electron chi connectivity index (χ0n) is 18.8. The lowest BCUT2D eigenvalue weighted by atomic mass is 9.90. The average molecular weight is 475 g/mol. The quantitative estimate of drug-likeness (QED) is 0.404. The van der Waals surface area contributed by atoms with E-state index in [0.717, 1.165) is 61.9 Å². The number of hydrogen-bond donors (Lipinski definition) is 1. The van der Waals surface area contributed by atoms with Gasteiger partial charge in [-0.3, -0.25) is 19.7 Å². The number of carbonyl (C=O) groups is 2. The SMILES string of the molecule is O=C1CC(=O)/C(=C/c2ccnc(N3CCC(CCCc4cccnc4-c4ccn[nH]4)CC3)n2)S1. The number of ketones is 1. The molecule has 0 saturated carbocycles. The second-order valence-electron chi connectivity index (χ2n) is 8.67. The topological polar surface area (TPSA) is 105 Å². The van der Waals surface area contributed by atoms with Gasteiger partial charge in [-0.15, -0.1) is 0 Å². The molecule has 2 aliphatic heterocycles. The van der Waals surface area contributed by atoms with Crippen molar-refractivity contribution in [3.8, 4) is 11.4 Å². The number of aromatic amines is 1. The third kappa shape index (κ3) is 5.25. The van der Waals surface area contributed by atoms with Crippen molar-refractivity contribution in [3.63, 3.8) is 0 Å². The largest absolute Gasteiger partial charge is 0.341 e. The van der Waals surface area contributed by atoms with Crippen LogP contribution in [0.5, 0.6) is 0 Å². The first-order valence-corrected chi connectivity index (χ1v) is 12.4. The molecule has 0 unspecified atom stereocenters. The molecule has 0 atom stereocenters. The molecule has 1 N–H and O–H groups in total. The van der Waals surface area contributed by atoms with Crippen molar-refractivity contribution in [1.29, 1.82) is 0 Å². The van der Waals surface area contributed by atoms with E-state index in [4.69, 9.17) is 0 Å². The van der Waals surface area contributed by atoms with Gasteiger partial charge in [0.1, 0.15) is 0 Å². The Kier molecular flexibility index (Phi) is 6.80. The van der Waals surface area contributed by atoms with Crippen LogP contribution < -0.4 is 4.90 Å². The second-order valence-corrected chi connectivity index (χ2v) is 9.77. The molecule has 8 nitrogen and oxygen atoms in total. The fourth-order valence-corrected chi connectivity index (χ4v) is 5.36. The van der Waals surface area contributed by atoms with Crippen molar-refractivity contribution in [3.05, 3.63) is 59.0 Å². The summed E-state index contributed by atoms with van der Waals surface area (Å²) >= 11 is 1.01. The molecular formula is C25H26N6O2S. The molecule has 0 spiro atoms. The smallest absolute Gasteiger partial charge is 0.225 e. The monoisotopic (exact) mass is 474 g/mol. The van der Waals surface area contributed by atoms with Gasteiger partial charge in [0.2, 0.25) is 11.1 Å². The van der Waals surface area contributed by atoms with Gasteiger partial charge in [0.25, 0.3) is 0 Å². The number of anilines is 1. The van der Waals surface area contributed by atoms with Gasteiger partial charge >= 0.3 is 0 Å². The minimum absolute atomic E-state index is 0.0206. The number of H-pyrrole nitrogens is 1. The Morgan fingerprint density at radius 1 is 1.09 bits per heavy atom. The fraction of sp³-hybridized carbons (Fsp3) is 0.360. The highest BCUT2D eigenvalue weighted by Gasteiger charge is 2.26. The summed E-state index contributed by atoms with van der Waals surface area (Å²) in [4.78, 5) is 39.7. The first-order chi connectivity index (χ1) is 16.7. The molecule has 3 aromatic rings. The number of pyridine rings is 1. The summed E-state index contributed by atoms with van der Waals surface area (Å²) in [7, 11) is 0. The van der Waals surface area contributed by atoms with Gasteiger partial charge in [0.15, 0.2) is 5.78 Å². The summed E-state index contributed by atoms with van der Waals surface area (Å²) in [5.41, 5.74) is 3.87. The Bertz CT molecular complexity index is 1200. The van der Waals surface area contributed by atoms with E-state index in [-0.39, 0.29) is 17.3 Å². The molecule has 5 rings (SSSR count). The fourth-order valence-electron chi connectivity index (χ4n) is 4.55. The number of carbonyl (C=O) groups excluding carboxylic acids is 2. The lowest BCUT2D eigenvalue weighted by Crippen LogP contribution is -2.35.